The maximum atomic E-state index is 13.8. The Balaban J connectivity index is 1.28. The number of ether oxygens (including phenoxy) is 1. The van der Waals surface area contributed by atoms with Crippen LogP contribution < -0.4 is 4.74 Å². The van der Waals surface area contributed by atoms with Gasteiger partial charge in [0, 0.05) is 32.7 Å². The van der Waals surface area contributed by atoms with Crippen LogP contribution in [0.5, 0.6) is 5.75 Å². The van der Waals surface area contributed by atoms with E-state index in [1.54, 1.807) is 30.5 Å². The van der Waals surface area contributed by atoms with Crippen molar-refractivity contribution in [3.05, 3.63) is 53.9 Å². The second kappa shape index (κ2) is 7.89. The number of methoxy groups -OCH3 is 1. The van der Waals surface area contributed by atoms with Gasteiger partial charge in [0.15, 0.2) is 17.3 Å². The number of benzene rings is 1. The van der Waals surface area contributed by atoms with Crippen LogP contribution in [-0.4, -0.2) is 53.2 Å². The number of furan rings is 1. The quantitative estimate of drug-likeness (QED) is 0.659. The van der Waals surface area contributed by atoms with Crippen LogP contribution in [0.2, 0.25) is 0 Å². The third-order valence-electron chi connectivity index (χ3n) is 4.66. The summed E-state index contributed by atoms with van der Waals surface area (Å²) in [6, 6.07) is 8.71. The van der Waals surface area contributed by atoms with Crippen LogP contribution >= 0.6 is 0 Å². The fourth-order valence-corrected chi connectivity index (χ4v) is 3.19. The zero-order valence-corrected chi connectivity index (χ0v) is 15.1. The Bertz CT molecular complexity index is 873. The molecule has 0 saturated carbocycles. The molecule has 4 rings (SSSR count). The second-order valence-corrected chi connectivity index (χ2v) is 6.51. The lowest BCUT2D eigenvalue weighted by Crippen LogP contribution is -2.45. The van der Waals surface area contributed by atoms with Crippen LogP contribution in [-0.2, 0) is 13.1 Å². The predicted molar refractivity (Wildman–Crippen MR) is 95.5 cm³/mol. The third-order valence-corrected chi connectivity index (χ3v) is 4.66. The van der Waals surface area contributed by atoms with Crippen LogP contribution in [0.4, 0.5) is 4.39 Å². The molecule has 0 aliphatic carbocycles. The molecule has 1 aromatic carbocycles. The van der Waals surface area contributed by atoms with Gasteiger partial charge in [-0.25, -0.2) is 4.39 Å². The third kappa shape index (κ3) is 4.17. The van der Waals surface area contributed by atoms with Crippen molar-refractivity contribution in [3.8, 4) is 17.3 Å². The zero-order valence-electron chi connectivity index (χ0n) is 15.1. The lowest BCUT2D eigenvalue weighted by molar-refractivity contribution is 0.112. The van der Waals surface area contributed by atoms with Gasteiger partial charge in [-0.15, -0.1) is 0 Å². The molecule has 0 amide bonds. The topological polar surface area (TPSA) is 67.8 Å². The number of nitrogens with zero attached hydrogens (tertiary/aromatic N) is 4. The van der Waals surface area contributed by atoms with E-state index in [1.165, 1.54) is 7.11 Å². The average Bonchev–Trinajstić information content (AvgIpc) is 3.35. The summed E-state index contributed by atoms with van der Waals surface area (Å²) >= 11 is 0. The van der Waals surface area contributed by atoms with Gasteiger partial charge in [-0.3, -0.25) is 9.80 Å². The monoisotopic (exact) mass is 372 g/mol. The highest BCUT2D eigenvalue weighted by atomic mass is 19.1. The van der Waals surface area contributed by atoms with E-state index in [-0.39, 0.29) is 11.6 Å². The zero-order chi connectivity index (χ0) is 18.6. The van der Waals surface area contributed by atoms with Crippen LogP contribution in [0.1, 0.15) is 11.5 Å². The van der Waals surface area contributed by atoms with Crippen LogP contribution in [0, 0.1) is 5.82 Å². The van der Waals surface area contributed by atoms with Crippen molar-refractivity contribution in [2.45, 2.75) is 13.1 Å². The van der Waals surface area contributed by atoms with E-state index in [0.717, 1.165) is 38.3 Å². The van der Waals surface area contributed by atoms with E-state index in [2.05, 4.69) is 19.9 Å². The summed E-state index contributed by atoms with van der Waals surface area (Å²) in [7, 11) is 1.47. The molecule has 27 heavy (non-hydrogen) atoms. The van der Waals surface area contributed by atoms with Crippen LogP contribution in [0.15, 0.2) is 45.5 Å². The lowest BCUT2D eigenvalue weighted by atomic mass is 10.2. The Hall–Kier alpha value is -2.71. The highest BCUT2D eigenvalue weighted by Crippen LogP contribution is 2.20. The summed E-state index contributed by atoms with van der Waals surface area (Å²) in [6.07, 6.45) is 1.58. The van der Waals surface area contributed by atoms with E-state index in [9.17, 15) is 4.39 Å². The summed E-state index contributed by atoms with van der Waals surface area (Å²) < 4.78 is 29.4. The molecule has 1 fully saturated rings. The highest BCUT2D eigenvalue weighted by molar-refractivity contribution is 5.44. The van der Waals surface area contributed by atoms with Crippen LogP contribution in [0.3, 0.4) is 0 Å². The molecule has 0 bridgehead atoms. The molecule has 1 aliphatic rings. The molecule has 8 heteroatoms. The predicted octanol–water partition coefficient (Wildman–Crippen LogP) is 2.80. The average molecular weight is 372 g/mol. The number of aromatic nitrogens is 2. The van der Waals surface area contributed by atoms with E-state index < -0.39 is 0 Å². The minimum absolute atomic E-state index is 0.275. The maximum Gasteiger partial charge on any atom is 0.241 e. The Labute approximate surface area is 156 Å². The van der Waals surface area contributed by atoms with E-state index >= 15 is 0 Å². The van der Waals surface area contributed by atoms with Gasteiger partial charge in [-0.1, -0.05) is 11.2 Å². The summed E-state index contributed by atoms with van der Waals surface area (Å²) in [5.41, 5.74) is 0.946. The molecule has 0 radical (unpaired) electrons. The molecule has 0 spiro atoms. The van der Waals surface area contributed by atoms with Gasteiger partial charge in [0.25, 0.3) is 0 Å². The first-order valence-corrected chi connectivity index (χ1v) is 8.85. The van der Waals surface area contributed by atoms with Crippen LogP contribution in [0.25, 0.3) is 11.6 Å². The SMILES string of the molecule is COc1ccc(CN2CCN(Cc3nc(-c4ccco4)no3)CC2)cc1F. The van der Waals surface area contributed by atoms with Crippen molar-refractivity contribution in [2.24, 2.45) is 0 Å². The van der Waals surface area contributed by atoms with Gasteiger partial charge >= 0.3 is 0 Å². The standard InChI is InChI=1S/C19H21FN4O3/c1-25-16-5-4-14(11-15(16)20)12-23-6-8-24(9-7-23)13-18-21-19(22-27-18)17-3-2-10-26-17/h2-5,10-11H,6-9,12-13H2,1H3. The second-order valence-electron chi connectivity index (χ2n) is 6.51. The Kier molecular flexibility index (Phi) is 5.17. The molecule has 1 saturated heterocycles. The molecule has 3 aromatic rings. The Morgan fingerprint density at radius 3 is 2.56 bits per heavy atom. The molecule has 3 heterocycles. The molecule has 0 N–H and O–H groups in total. The molecule has 2 aromatic heterocycles. The summed E-state index contributed by atoms with van der Waals surface area (Å²) in [4.78, 5) is 8.95. The molecular weight excluding hydrogens is 351 g/mol. The van der Waals surface area contributed by atoms with Crippen molar-refractivity contribution in [2.75, 3.05) is 33.3 Å². The van der Waals surface area contributed by atoms with Crippen molar-refractivity contribution in [1.29, 1.82) is 0 Å². The smallest absolute Gasteiger partial charge is 0.241 e. The minimum Gasteiger partial charge on any atom is -0.494 e. The fraction of sp³-hybridized carbons (Fsp3) is 0.368. The van der Waals surface area contributed by atoms with Crippen molar-refractivity contribution < 1.29 is 18.1 Å². The van der Waals surface area contributed by atoms with Gasteiger partial charge in [0.2, 0.25) is 11.7 Å². The van der Waals surface area contributed by atoms with E-state index in [4.69, 9.17) is 13.7 Å². The first-order valence-electron chi connectivity index (χ1n) is 8.85. The maximum absolute atomic E-state index is 13.8. The first-order chi connectivity index (χ1) is 13.2. The number of hydrogen-bond donors (Lipinski definition) is 0. The number of hydrogen-bond acceptors (Lipinski definition) is 7. The largest absolute Gasteiger partial charge is 0.494 e. The molecule has 142 valence electrons. The molecule has 0 unspecified atom stereocenters. The molecule has 7 nitrogen and oxygen atoms in total. The molecule has 0 atom stereocenters. The van der Waals surface area contributed by atoms with Crippen molar-refractivity contribution in [1.82, 2.24) is 19.9 Å². The van der Waals surface area contributed by atoms with Gasteiger partial charge in [-0.2, -0.15) is 4.98 Å². The van der Waals surface area contributed by atoms with Crippen molar-refractivity contribution >= 4 is 0 Å². The first kappa shape index (κ1) is 17.7. The van der Waals surface area contributed by atoms with Gasteiger partial charge in [0.1, 0.15) is 0 Å². The summed E-state index contributed by atoms with van der Waals surface area (Å²) in [5.74, 6) is 1.60. The number of halogens is 1. The van der Waals surface area contributed by atoms with Gasteiger partial charge < -0.3 is 13.7 Å². The van der Waals surface area contributed by atoms with Crippen molar-refractivity contribution in [3.63, 3.8) is 0 Å². The van der Waals surface area contributed by atoms with E-state index in [0.29, 0.717) is 24.0 Å². The van der Waals surface area contributed by atoms with Gasteiger partial charge in [0.05, 0.1) is 19.9 Å². The number of piperazine rings is 1. The Morgan fingerprint density at radius 1 is 1.11 bits per heavy atom. The lowest BCUT2D eigenvalue weighted by Gasteiger charge is -2.33. The van der Waals surface area contributed by atoms with Gasteiger partial charge in [-0.05, 0) is 29.8 Å². The number of rotatable bonds is 6. The Morgan fingerprint density at radius 2 is 1.89 bits per heavy atom. The highest BCUT2D eigenvalue weighted by Gasteiger charge is 2.20. The van der Waals surface area contributed by atoms with E-state index in [1.807, 2.05) is 6.07 Å². The normalized spacial score (nSPS) is 15.9. The fourth-order valence-electron chi connectivity index (χ4n) is 3.19. The minimum atomic E-state index is -0.322. The summed E-state index contributed by atoms with van der Waals surface area (Å²) in [5, 5.41) is 3.95. The molecule has 1 aliphatic heterocycles. The summed E-state index contributed by atoms with van der Waals surface area (Å²) in [6.45, 7) is 4.89. The molecular formula is C19H21FN4O3.